The molecule has 26 heavy (non-hydrogen) atoms. The standard InChI is InChI=1S/C21H17N3O2/c1-2-6-15(7-3-1)20-21(24-11-5-4-8-19(24)23-20)22-16-9-10-17-18(14-16)26-13-12-25-17/h1-11,14,22H,12-13H2. The lowest BCUT2D eigenvalue weighted by atomic mass is 10.1. The molecule has 0 unspecified atom stereocenters. The molecule has 0 radical (unpaired) electrons. The van der Waals surface area contributed by atoms with Crippen LogP contribution in [-0.4, -0.2) is 22.6 Å². The summed E-state index contributed by atoms with van der Waals surface area (Å²) in [6.07, 6.45) is 2.01. The fourth-order valence-electron chi connectivity index (χ4n) is 3.17. The average Bonchev–Trinajstić information content (AvgIpc) is 3.07. The summed E-state index contributed by atoms with van der Waals surface area (Å²) in [5.74, 6) is 2.46. The van der Waals surface area contributed by atoms with Gasteiger partial charge in [-0.2, -0.15) is 0 Å². The minimum atomic E-state index is 0.571. The number of anilines is 2. The van der Waals surface area contributed by atoms with Crippen LogP contribution in [0.1, 0.15) is 0 Å². The smallest absolute Gasteiger partial charge is 0.163 e. The van der Waals surface area contributed by atoms with Crippen molar-refractivity contribution in [3.8, 4) is 22.8 Å². The van der Waals surface area contributed by atoms with Gasteiger partial charge in [-0.05, 0) is 24.3 Å². The fraction of sp³-hybridized carbons (Fsp3) is 0.0952. The van der Waals surface area contributed by atoms with Crippen LogP contribution in [0.25, 0.3) is 16.9 Å². The molecule has 0 amide bonds. The molecule has 2 aromatic carbocycles. The number of nitrogens with zero attached hydrogens (tertiary/aromatic N) is 2. The van der Waals surface area contributed by atoms with Crippen molar-refractivity contribution in [2.75, 3.05) is 18.5 Å². The Morgan fingerprint density at radius 3 is 2.54 bits per heavy atom. The summed E-state index contributed by atoms with van der Waals surface area (Å²) in [4.78, 5) is 4.81. The number of rotatable bonds is 3. The molecule has 0 atom stereocenters. The van der Waals surface area contributed by atoms with E-state index in [1.54, 1.807) is 0 Å². The SMILES string of the molecule is c1ccc(-c2nc3ccccn3c2Nc2ccc3c(c2)OCCO3)cc1. The van der Waals surface area contributed by atoms with Gasteiger partial charge in [0.15, 0.2) is 11.5 Å². The number of hydrogen-bond acceptors (Lipinski definition) is 4. The largest absolute Gasteiger partial charge is 0.486 e. The highest BCUT2D eigenvalue weighted by Gasteiger charge is 2.16. The first-order chi connectivity index (χ1) is 12.9. The van der Waals surface area contributed by atoms with Crippen molar-refractivity contribution in [2.45, 2.75) is 0 Å². The Morgan fingerprint density at radius 1 is 0.846 bits per heavy atom. The molecular weight excluding hydrogens is 326 g/mol. The van der Waals surface area contributed by atoms with E-state index in [0.29, 0.717) is 13.2 Å². The quantitative estimate of drug-likeness (QED) is 0.594. The van der Waals surface area contributed by atoms with Crippen LogP contribution in [0.2, 0.25) is 0 Å². The van der Waals surface area contributed by atoms with Crippen LogP contribution >= 0.6 is 0 Å². The third kappa shape index (κ3) is 2.54. The average molecular weight is 343 g/mol. The Bertz CT molecular complexity index is 1070. The molecule has 0 fully saturated rings. The topological polar surface area (TPSA) is 47.8 Å². The van der Waals surface area contributed by atoms with Crippen molar-refractivity contribution >= 4 is 17.2 Å². The van der Waals surface area contributed by atoms with Gasteiger partial charge >= 0.3 is 0 Å². The highest BCUT2D eigenvalue weighted by Crippen LogP contribution is 2.36. The summed E-state index contributed by atoms with van der Waals surface area (Å²) in [7, 11) is 0. The maximum atomic E-state index is 5.70. The number of imidazole rings is 1. The van der Waals surface area contributed by atoms with Crippen LogP contribution in [0, 0.1) is 0 Å². The summed E-state index contributed by atoms with van der Waals surface area (Å²) in [5.41, 5.74) is 3.80. The summed E-state index contributed by atoms with van der Waals surface area (Å²) in [6, 6.07) is 22.1. The van der Waals surface area contributed by atoms with Crippen LogP contribution in [0.4, 0.5) is 11.5 Å². The molecule has 0 saturated carbocycles. The minimum absolute atomic E-state index is 0.571. The zero-order chi connectivity index (χ0) is 17.3. The Labute approximate surface area is 150 Å². The number of nitrogens with one attached hydrogen (secondary N) is 1. The normalized spacial score (nSPS) is 12.9. The van der Waals surface area contributed by atoms with Gasteiger partial charge in [0.2, 0.25) is 0 Å². The minimum Gasteiger partial charge on any atom is -0.486 e. The molecule has 2 aromatic heterocycles. The molecule has 1 aliphatic heterocycles. The molecule has 0 saturated heterocycles. The van der Waals surface area contributed by atoms with Crippen molar-refractivity contribution < 1.29 is 9.47 Å². The van der Waals surface area contributed by atoms with Gasteiger partial charge in [-0.25, -0.2) is 4.98 Å². The van der Waals surface area contributed by atoms with Gasteiger partial charge in [-0.3, -0.25) is 4.40 Å². The Morgan fingerprint density at radius 2 is 1.65 bits per heavy atom. The number of pyridine rings is 1. The molecule has 0 spiro atoms. The van der Waals surface area contributed by atoms with Crippen molar-refractivity contribution in [1.29, 1.82) is 0 Å². The second-order valence-electron chi connectivity index (χ2n) is 6.09. The first kappa shape index (κ1) is 14.8. The van der Waals surface area contributed by atoms with E-state index >= 15 is 0 Å². The summed E-state index contributed by atoms with van der Waals surface area (Å²) in [5, 5.41) is 3.51. The van der Waals surface area contributed by atoms with Crippen molar-refractivity contribution in [3.05, 3.63) is 72.9 Å². The van der Waals surface area contributed by atoms with E-state index in [4.69, 9.17) is 14.5 Å². The maximum Gasteiger partial charge on any atom is 0.163 e. The van der Waals surface area contributed by atoms with Crippen LogP contribution in [0.15, 0.2) is 72.9 Å². The van der Waals surface area contributed by atoms with Gasteiger partial charge in [0.05, 0.1) is 0 Å². The molecule has 128 valence electrons. The Hall–Kier alpha value is -3.47. The van der Waals surface area contributed by atoms with Crippen LogP contribution < -0.4 is 14.8 Å². The number of aromatic nitrogens is 2. The second kappa shape index (κ2) is 6.11. The van der Waals surface area contributed by atoms with E-state index < -0.39 is 0 Å². The van der Waals surface area contributed by atoms with E-state index in [0.717, 1.165) is 39.9 Å². The lowest BCUT2D eigenvalue weighted by Gasteiger charge is -2.19. The van der Waals surface area contributed by atoms with Crippen LogP contribution in [-0.2, 0) is 0 Å². The molecule has 1 aliphatic rings. The molecule has 5 heteroatoms. The lowest BCUT2D eigenvalue weighted by Crippen LogP contribution is -2.15. The summed E-state index contributed by atoms with van der Waals surface area (Å²) in [6.45, 7) is 1.16. The van der Waals surface area contributed by atoms with E-state index in [1.807, 2.05) is 60.8 Å². The highest BCUT2D eigenvalue weighted by molar-refractivity contribution is 5.80. The molecule has 1 N–H and O–H groups in total. The molecule has 0 aliphatic carbocycles. The van der Waals surface area contributed by atoms with Crippen molar-refractivity contribution in [3.63, 3.8) is 0 Å². The molecular formula is C21H17N3O2. The molecule has 5 nitrogen and oxygen atoms in total. The van der Waals surface area contributed by atoms with Gasteiger partial charge < -0.3 is 14.8 Å². The van der Waals surface area contributed by atoms with Gasteiger partial charge in [-0.1, -0.05) is 36.4 Å². The summed E-state index contributed by atoms with van der Waals surface area (Å²) >= 11 is 0. The van der Waals surface area contributed by atoms with Gasteiger partial charge in [0, 0.05) is 23.5 Å². The van der Waals surface area contributed by atoms with E-state index in [1.165, 1.54) is 0 Å². The number of hydrogen-bond donors (Lipinski definition) is 1. The molecule has 4 aromatic rings. The highest BCUT2D eigenvalue weighted by atomic mass is 16.6. The van der Waals surface area contributed by atoms with Crippen LogP contribution in [0.5, 0.6) is 11.5 Å². The van der Waals surface area contributed by atoms with Gasteiger partial charge in [0.25, 0.3) is 0 Å². The predicted octanol–water partition coefficient (Wildman–Crippen LogP) is 4.52. The van der Waals surface area contributed by atoms with E-state index in [-0.39, 0.29) is 0 Å². The third-order valence-corrected chi connectivity index (χ3v) is 4.38. The second-order valence-corrected chi connectivity index (χ2v) is 6.09. The first-order valence-electron chi connectivity index (χ1n) is 8.58. The first-order valence-corrected chi connectivity index (χ1v) is 8.58. The maximum absolute atomic E-state index is 5.70. The molecule has 0 bridgehead atoms. The summed E-state index contributed by atoms with van der Waals surface area (Å²) < 4.78 is 13.4. The predicted molar refractivity (Wildman–Crippen MR) is 101 cm³/mol. The molecule has 3 heterocycles. The Balaban J connectivity index is 1.62. The fourth-order valence-corrected chi connectivity index (χ4v) is 3.17. The zero-order valence-corrected chi connectivity index (χ0v) is 14.1. The molecule has 5 rings (SSSR count). The van der Waals surface area contributed by atoms with E-state index in [2.05, 4.69) is 21.9 Å². The number of ether oxygens (including phenoxy) is 2. The van der Waals surface area contributed by atoms with Crippen molar-refractivity contribution in [2.24, 2.45) is 0 Å². The Kier molecular flexibility index (Phi) is 3.49. The third-order valence-electron chi connectivity index (χ3n) is 4.38. The van der Waals surface area contributed by atoms with Gasteiger partial charge in [-0.15, -0.1) is 0 Å². The number of benzene rings is 2. The van der Waals surface area contributed by atoms with Crippen LogP contribution in [0.3, 0.4) is 0 Å². The van der Waals surface area contributed by atoms with Crippen molar-refractivity contribution in [1.82, 2.24) is 9.38 Å². The van der Waals surface area contributed by atoms with E-state index in [9.17, 15) is 0 Å². The zero-order valence-electron chi connectivity index (χ0n) is 14.1. The van der Waals surface area contributed by atoms with Gasteiger partial charge in [0.1, 0.15) is 30.4 Å². The lowest BCUT2D eigenvalue weighted by molar-refractivity contribution is 0.171. The monoisotopic (exact) mass is 343 g/mol. The number of fused-ring (bicyclic) bond motifs is 2.